The minimum Gasteiger partial charge on any atom is -0.482 e. The largest absolute Gasteiger partial charge is 0.482 e. The maximum Gasteiger partial charge on any atom is 0.265 e. The van der Waals surface area contributed by atoms with Crippen molar-refractivity contribution in [3.05, 3.63) is 58.2 Å². The van der Waals surface area contributed by atoms with Gasteiger partial charge in [0.1, 0.15) is 5.75 Å². The molecule has 0 radical (unpaired) electrons. The number of carbonyl (C=O) groups is 1. The van der Waals surface area contributed by atoms with E-state index in [0.29, 0.717) is 39.2 Å². The number of halogens is 1. The molecule has 9 nitrogen and oxygen atoms in total. The quantitative estimate of drug-likeness (QED) is 0.618. The van der Waals surface area contributed by atoms with Gasteiger partial charge in [-0.1, -0.05) is 16.8 Å². The molecule has 1 aliphatic heterocycles. The molecule has 0 saturated carbocycles. The Bertz CT molecular complexity index is 1290. The van der Waals surface area contributed by atoms with Crippen LogP contribution in [0.1, 0.15) is 22.8 Å². The fourth-order valence-corrected chi connectivity index (χ4v) is 4.88. The van der Waals surface area contributed by atoms with Crippen molar-refractivity contribution in [2.45, 2.75) is 32.2 Å². The van der Waals surface area contributed by atoms with Crippen molar-refractivity contribution in [3.8, 4) is 5.75 Å². The highest BCUT2D eigenvalue weighted by atomic mass is 35.5. The van der Waals surface area contributed by atoms with E-state index in [1.165, 1.54) is 11.0 Å². The number of amides is 1. The molecule has 0 aliphatic carbocycles. The maximum atomic E-state index is 13.1. The topological polar surface area (TPSA) is 115 Å². The van der Waals surface area contributed by atoms with Gasteiger partial charge in [-0.25, -0.2) is 8.42 Å². The molecule has 3 aromatic rings. The predicted molar refractivity (Wildman–Crippen MR) is 114 cm³/mol. The van der Waals surface area contributed by atoms with Crippen LogP contribution in [-0.2, 0) is 21.4 Å². The zero-order chi connectivity index (χ0) is 22.3. The Morgan fingerprint density at radius 3 is 2.61 bits per heavy atom. The molecule has 0 bridgehead atoms. The number of anilines is 2. The average Bonchev–Trinajstić information content (AvgIpc) is 3.11. The van der Waals surface area contributed by atoms with Crippen LogP contribution in [0.4, 0.5) is 11.4 Å². The first-order valence-corrected chi connectivity index (χ1v) is 11.2. The van der Waals surface area contributed by atoms with E-state index in [9.17, 15) is 13.2 Å². The summed E-state index contributed by atoms with van der Waals surface area (Å²) in [6.07, 6.45) is 0. The number of sulfonamides is 1. The van der Waals surface area contributed by atoms with Crippen molar-refractivity contribution in [2.24, 2.45) is 0 Å². The van der Waals surface area contributed by atoms with Crippen molar-refractivity contribution in [2.75, 3.05) is 16.2 Å². The predicted octanol–water partition coefficient (Wildman–Crippen LogP) is 3.37. The van der Waals surface area contributed by atoms with E-state index >= 15 is 0 Å². The molecule has 4 rings (SSSR count). The van der Waals surface area contributed by atoms with Gasteiger partial charge in [-0.15, -0.1) is 0 Å². The highest BCUT2D eigenvalue weighted by Gasteiger charge is 2.30. The van der Waals surface area contributed by atoms with Gasteiger partial charge in [0.05, 0.1) is 22.8 Å². The number of carbonyl (C=O) groups excluding carboxylic acids is 1. The molecule has 0 unspecified atom stereocenters. The fourth-order valence-electron chi connectivity index (χ4n) is 3.28. The Morgan fingerprint density at radius 1 is 1.16 bits per heavy atom. The van der Waals surface area contributed by atoms with Crippen LogP contribution in [0.5, 0.6) is 5.75 Å². The SMILES string of the molecule is Cc1nc(CN2C(=O)COc3cc(S(=O)(=O)Nc4ccc(Cl)cc4C)c(C)cc32)no1. The maximum absolute atomic E-state index is 13.1. The van der Waals surface area contributed by atoms with Crippen LogP contribution in [0.15, 0.2) is 39.8 Å². The van der Waals surface area contributed by atoms with Crippen molar-refractivity contribution < 1.29 is 22.5 Å². The number of nitrogens with zero attached hydrogens (tertiary/aromatic N) is 3. The van der Waals surface area contributed by atoms with Gasteiger partial charge >= 0.3 is 0 Å². The Hall–Kier alpha value is -3.11. The van der Waals surface area contributed by atoms with Crippen molar-refractivity contribution in [1.29, 1.82) is 0 Å². The van der Waals surface area contributed by atoms with Crippen LogP contribution in [0.3, 0.4) is 0 Å². The molecule has 2 heterocycles. The van der Waals surface area contributed by atoms with Gasteiger partial charge in [-0.2, -0.15) is 4.98 Å². The number of benzene rings is 2. The van der Waals surface area contributed by atoms with E-state index in [2.05, 4.69) is 14.9 Å². The molecule has 0 saturated heterocycles. The summed E-state index contributed by atoms with van der Waals surface area (Å²) in [6.45, 7) is 4.92. The van der Waals surface area contributed by atoms with Gasteiger partial charge in [0.15, 0.2) is 12.4 Å². The number of hydrogen-bond donors (Lipinski definition) is 1. The van der Waals surface area contributed by atoms with Crippen LogP contribution >= 0.6 is 11.6 Å². The number of hydrogen-bond acceptors (Lipinski definition) is 7. The molecule has 2 aromatic carbocycles. The molecule has 1 N–H and O–H groups in total. The first kappa shape index (κ1) is 21.1. The Kier molecular flexibility index (Phi) is 5.36. The highest BCUT2D eigenvalue weighted by Crippen LogP contribution is 2.37. The number of ether oxygens (including phenoxy) is 1. The van der Waals surface area contributed by atoms with Crippen LogP contribution in [0, 0.1) is 20.8 Å². The zero-order valence-corrected chi connectivity index (χ0v) is 18.5. The molecule has 11 heteroatoms. The van der Waals surface area contributed by atoms with Crippen LogP contribution in [0.25, 0.3) is 0 Å². The lowest BCUT2D eigenvalue weighted by Crippen LogP contribution is -2.38. The number of aromatic nitrogens is 2. The minimum atomic E-state index is -3.92. The summed E-state index contributed by atoms with van der Waals surface area (Å²) in [5.74, 6) is 0.712. The Labute approximate surface area is 184 Å². The second-order valence-corrected chi connectivity index (χ2v) is 9.24. The lowest BCUT2D eigenvalue weighted by Gasteiger charge is -2.29. The molecule has 0 atom stereocenters. The lowest BCUT2D eigenvalue weighted by atomic mass is 10.1. The van der Waals surface area contributed by atoms with Crippen LogP contribution in [0.2, 0.25) is 5.02 Å². The zero-order valence-electron chi connectivity index (χ0n) is 17.0. The van der Waals surface area contributed by atoms with Crippen LogP contribution in [-0.4, -0.2) is 31.1 Å². The van der Waals surface area contributed by atoms with E-state index in [1.54, 1.807) is 45.0 Å². The van der Waals surface area contributed by atoms with Gasteiger partial charge in [0, 0.05) is 18.0 Å². The second-order valence-electron chi connectivity index (χ2n) is 7.15. The van der Waals surface area contributed by atoms with E-state index < -0.39 is 10.0 Å². The molecular weight excluding hydrogens is 444 g/mol. The summed E-state index contributed by atoms with van der Waals surface area (Å²) in [5.41, 5.74) is 2.00. The third kappa shape index (κ3) is 4.21. The minimum absolute atomic E-state index is 0.0466. The molecule has 1 amide bonds. The van der Waals surface area contributed by atoms with E-state index in [-0.39, 0.29) is 29.7 Å². The summed E-state index contributed by atoms with van der Waals surface area (Å²) in [6, 6.07) is 7.90. The smallest absolute Gasteiger partial charge is 0.265 e. The van der Waals surface area contributed by atoms with Crippen molar-refractivity contribution in [3.63, 3.8) is 0 Å². The standard InChI is InChI=1S/C20H19ClN4O5S/c1-11-6-14(21)4-5-15(11)24-31(27,28)18-8-17-16(7-12(18)2)25(20(26)10-29-17)9-19-22-13(3)30-23-19/h4-8,24H,9-10H2,1-3H3. The number of fused-ring (bicyclic) bond motifs is 1. The second kappa shape index (κ2) is 7.86. The van der Waals surface area contributed by atoms with Gasteiger partial charge in [-0.3, -0.25) is 14.4 Å². The summed E-state index contributed by atoms with van der Waals surface area (Å²) in [5, 5.41) is 4.34. The summed E-state index contributed by atoms with van der Waals surface area (Å²) in [7, 11) is -3.92. The molecule has 31 heavy (non-hydrogen) atoms. The van der Waals surface area contributed by atoms with E-state index in [4.69, 9.17) is 20.9 Å². The lowest BCUT2D eigenvalue weighted by molar-refractivity contribution is -0.121. The van der Waals surface area contributed by atoms with Crippen molar-refractivity contribution in [1.82, 2.24) is 10.1 Å². The van der Waals surface area contributed by atoms with Crippen molar-refractivity contribution >= 4 is 38.9 Å². The van der Waals surface area contributed by atoms with E-state index in [0.717, 1.165) is 0 Å². The molecular formula is C20H19ClN4O5S. The normalized spacial score (nSPS) is 13.7. The molecule has 0 fully saturated rings. The molecule has 1 aromatic heterocycles. The third-order valence-electron chi connectivity index (χ3n) is 4.79. The fraction of sp³-hybridized carbons (Fsp3) is 0.250. The monoisotopic (exact) mass is 462 g/mol. The summed E-state index contributed by atoms with van der Waals surface area (Å²) >= 11 is 5.95. The summed E-state index contributed by atoms with van der Waals surface area (Å²) < 4.78 is 39.2. The first-order valence-electron chi connectivity index (χ1n) is 9.30. The summed E-state index contributed by atoms with van der Waals surface area (Å²) in [4.78, 5) is 18.1. The van der Waals surface area contributed by atoms with E-state index in [1.807, 2.05) is 0 Å². The Morgan fingerprint density at radius 2 is 1.94 bits per heavy atom. The molecule has 0 spiro atoms. The number of aryl methyl sites for hydroxylation is 3. The third-order valence-corrected chi connectivity index (χ3v) is 6.53. The Balaban J connectivity index is 1.69. The van der Waals surface area contributed by atoms with Gasteiger partial charge in [-0.05, 0) is 49.2 Å². The molecule has 162 valence electrons. The van der Waals surface area contributed by atoms with Gasteiger partial charge < -0.3 is 9.26 Å². The first-order chi connectivity index (χ1) is 14.6. The number of rotatable bonds is 5. The van der Waals surface area contributed by atoms with Gasteiger partial charge in [0.25, 0.3) is 15.9 Å². The highest BCUT2D eigenvalue weighted by molar-refractivity contribution is 7.92. The number of nitrogens with one attached hydrogen (secondary N) is 1. The van der Waals surface area contributed by atoms with Gasteiger partial charge in [0.2, 0.25) is 5.89 Å². The molecule has 1 aliphatic rings. The average molecular weight is 463 g/mol. The van der Waals surface area contributed by atoms with Crippen LogP contribution < -0.4 is 14.4 Å².